The molecule has 1 radical (unpaired) electrons. The van der Waals surface area contributed by atoms with Crippen LogP contribution in [0.3, 0.4) is 0 Å². The van der Waals surface area contributed by atoms with Gasteiger partial charge in [0.15, 0.2) is 0 Å². The van der Waals surface area contributed by atoms with Gasteiger partial charge in [-0.25, -0.2) is 0 Å². The number of allylic oxidation sites excluding steroid dienone is 13. The first kappa shape index (κ1) is 19.6. The molecule has 0 unspecified atom stereocenters. The van der Waals surface area contributed by atoms with Gasteiger partial charge in [0.2, 0.25) is 0 Å². The Balaban J connectivity index is 2.06. The molecule has 0 spiro atoms. The Bertz CT molecular complexity index is 953. The first-order valence-corrected chi connectivity index (χ1v) is 12.6. The normalized spacial score (nSPS) is 22.2. The van der Waals surface area contributed by atoms with Crippen molar-refractivity contribution in [2.45, 2.75) is 41.5 Å². The van der Waals surface area contributed by atoms with E-state index in [4.69, 9.17) is 0 Å². The molecule has 2 heterocycles. The van der Waals surface area contributed by atoms with Crippen molar-refractivity contribution >= 4 is 45.6 Å². The molecule has 0 saturated heterocycles. The van der Waals surface area contributed by atoms with Gasteiger partial charge in [-0.3, -0.25) is 0 Å². The summed E-state index contributed by atoms with van der Waals surface area (Å²) in [6, 6.07) is 0. The molecule has 1 aliphatic carbocycles. The van der Waals surface area contributed by atoms with Crippen molar-refractivity contribution in [2.75, 3.05) is 0 Å². The standard InChI is InChI=1S/C22H23O2SeTe/c1-11-7-17(8-12(2)25-11)15(5)19-21(23)20(22(19)24)16(6)18-9-13(3)26-14(4)10-18/h7-10,23H,1-6H3/p-1. The molecule has 0 fully saturated rings. The third-order valence-corrected chi connectivity index (χ3v) is 8.96. The summed E-state index contributed by atoms with van der Waals surface area (Å²) in [6.07, 6.45) is 8.51. The van der Waals surface area contributed by atoms with Crippen LogP contribution in [-0.2, 0) is 4.79 Å². The Morgan fingerprint density at radius 3 is 2.12 bits per heavy atom. The summed E-state index contributed by atoms with van der Waals surface area (Å²) in [7, 11) is 0. The van der Waals surface area contributed by atoms with Crippen LogP contribution in [0.1, 0.15) is 41.5 Å². The summed E-state index contributed by atoms with van der Waals surface area (Å²) in [5, 5.41) is 12.8. The van der Waals surface area contributed by atoms with Gasteiger partial charge in [0.05, 0.1) is 0 Å². The fourth-order valence-corrected chi connectivity index (χ4v) is 7.74. The van der Waals surface area contributed by atoms with E-state index in [0.29, 0.717) is 25.7 Å². The summed E-state index contributed by atoms with van der Waals surface area (Å²) in [5.74, 6) is -0.199. The van der Waals surface area contributed by atoms with Gasteiger partial charge in [0.1, 0.15) is 0 Å². The molecule has 26 heavy (non-hydrogen) atoms. The van der Waals surface area contributed by atoms with Gasteiger partial charge in [-0.05, 0) is 0 Å². The van der Waals surface area contributed by atoms with Crippen LogP contribution in [0.2, 0.25) is 0 Å². The van der Waals surface area contributed by atoms with E-state index in [1.165, 1.54) is 16.1 Å². The third-order valence-electron chi connectivity index (χ3n) is 4.60. The van der Waals surface area contributed by atoms with Gasteiger partial charge in [0.25, 0.3) is 0 Å². The number of carbonyl (C=O) groups is 1. The van der Waals surface area contributed by atoms with E-state index >= 15 is 0 Å². The number of hydrogen-bond donors (Lipinski definition) is 0. The average molecular weight is 525 g/mol. The zero-order chi connectivity index (χ0) is 19.2. The minimum atomic E-state index is -0.227. The fourth-order valence-electron chi connectivity index (χ4n) is 3.38. The van der Waals surface area contributed by atoms with Gasteiger partial charge in [0, 0.05) is 0 Å². The van der Waals surface area contributed by atoms with Crippen LogP contribution in [0.5, 0.6) is 0 Å². The Morgan fingerprint density at radius 2 is 1.58 bits per heavy atom. The van der Waals surface area contributed by atoms with Crippen LogP contribution in [0.15, 0.2) is 75.2 Å². The summed E-state index contributed by atoms with van der Waals surface area (Å²) >= 11 is 0.161. The Kier molecular flexibility index (Phi) is 5.61. The van der Waals surface area contributed by atoms with Crippen LogP contribution in [-0.4, -0.2) is 45.6 Å². The first-order chi connectivity index (χ1) is 12.2. The molecule has 2 aliphatic heterocycles. The van der Waals surface area contributed by atoms with E-state index in [1.807, 2.05) is 13.8 Å². The van der Waals surface area contributed by atoms with Gasteiger partial charge in [-0.15, -0.1) is 0 Å². The van der Waals surface area contributed by atoms with Crippen molar-refractivity contribution in [2.24, 2.45) is 0 Å². The van der Waals surface area contributed by atoms with E-state index in [1.54, 1.807) is 0 Å². The van der Waals surface area contributed by atoms with E-state index in [2.05, 4.69) is 52.0 Å². The predicted molar refractivity (Wildman–Crippen MR) is 109 cm³/mol. The van der Waals surface area contributed by atoms with Crippen molar-refractivity contribution in [1.29, 1.82) is 0 Å². The van der Waals surface area contributed by atoms with E-state index in [9.17, 15) is 9.90 Å². The Morgan fingerprint density at radius 1 is 0.962 bits per heavy atom. The molecule has 0 saturated carbocycles. The van der Waals surface area contributed by atoms with Crippen LogP contribution in [0.25, 0.3) is 0 Å². The monoisotopic (exact) mass is 528 g/mol. The molecule has 0 N–H and O–H groups in total. The quantitative estimate of drug-likeness (QED) is 0.411. The molecule has 3 aliphatic rings. The summed E-state index contributed by atoms with van der Waals surface area (Å²) in [5.41, 5.74) is 4.38. The summed E-state index contributed by atoms with van der Waals surface area (Å²) < 4.78 is 5.41. The molecule has 3 rings (SSSR count). The third kappa shape index (κ3) is 3.62. The van der Waals surface area contributed by atoms with E-state index in [-0.39, 0.29) is 32.5 Å². The second-order valence-corrected chi connectivity index (χ2v) is 14.2. The van der Waals surface area contributed by atoms with Crippen LogP contribution in [0.4, 0.5) is 0 Å². The van der Waals surface area contributed by atoms with E-state index in [0.717, 1.165) is 22.3 Å². The van der Waals surface area contributed by atoms with Crippen LogP contribution in [0, 0.1) is 0 Å². The average Bonchev–Trinajstić information content (AvgIpc) is 2.53. The molecule has 135 valence electrons. The maximum absolute atomic E-state index is 12.8. The Labute approximate surface area is 171 Å². The molecule has 0 aromatic carbocycles. The van der Waals surface area contributed by atoms with Crippen molar-refractivity contribution in [3.05, 3.63) is 75.2 Å². The SMILES string of the molecule is CC1=CC(C(C)=C2C(=O)C(C(C)=C3C=C(C)[Te]C(C)=C3)=C2[O-])=CC(C)=[Se]1. The van der Waals surface area contributed by atoms with Gasteiger partial charge in [-0.2, -0.15) is 0 Å². The predicted octanol–water partition coefficient (Wildman–Crippen LogP) is 3.08. The fraction of sp³-hybridized carbons (Fsp3) is 0.273. The molecule has 4 heteroatoms. The molecule has 0 aromatic heterocycles. The molecular formula is C22H22O2SeTe-. The Hall–Kier alpha value is -1.17. The molecule has 2 nitrogen and oxygen atoms in total. The van der Waals surface area contributed by atoms with Gasteiger partial charge >= 0.3 is 172 Å². The maximum atomic E-state index is 12.8. The second-order valence-electron chi connectivity index (χ2n) is 6.79. The summed E-state index contributed by atoms with van der Waals surface area (Å²) in [4.78, 5) is 12.8. The summed E-state index contributed by atoms with van der Waals surface area (Å²) in [6.45, 7) is 12.3. The number of Topliss-reactive ketones (excluding diaryl/α,β-unsaturated/α-hetero) is 1. The topological polar surface area (TPSA) is 40.1 Å². The first-order valence-electron chi connectivity index (χ1n) is 8.53. The van der Waals surface area contributed by atoms with Gasteiger partial charge in [-0.1, -0.05) is 0 Å². The molecule has 0 aromatic rings. The number of ketones is 1. The zero-order valence-corrected chi connectivity index (χ0v) is 20.0. The molecular weight excluding hydrogens is 503 g/mol. The molecule has 0 amide bonds. The van der Waals surface area contributed by atoms with Gasteiger partial charge < -0.3 is 0 Å². The second kappa shape index (κ2) is 7.45. The molecule has 0 bridgehead atoms. The van der Waals surface area contributed by atoms with Crippen LogP contribution < -0.4 is 5.11 Å². The number of rotatable bonds is 2. The van der Waals surface area contributed by atoms with Crippen molar-refractivity contribution < 1.29 is 9.90 Å². The van der Waals surface area contributed by atoms with E-state index < -0.39 is 0 Å². The van der Waals surface area contributed by atoms with Crippen molar-refractivity contribution in [1.82, 2.24) is 0 Å². The number of carbonyl (C=O) groups excluding carboxylic acids is 1. The zero-order valence-electron chi connectivity index (χ0n) is 15.9. The van der Waals surface area contributed by atoms with Crippen LogP contribution >= 0.6 is 0 Å². The number of hydrogen-bond acceptors (Lipinski definition) is 2. The van der Waals surface area contributed by atoms with Crippen molar-refractivity contribution in [3.8, 4) is 0 Å². The van der Waals surface area contributed by atoms with Crippen molar-refractivity contribution in [3.63, 3.8) is 0 Å². The molecule has 0 atom stereocenters. The minimum absolute atomic E-state index is 0.0997.